The van der Waals surface area contributed by atoms with E-state index in [0.29, 0.717) is 22.4 Å². The van der Waals surface area contributed by atoms with E-state index in [0.717, 1.165) is 22.3 Å². The average molecular weight is 444 g/mol. The Labute approximate surface area is 190 Å². The first kappa shape index (κ1) is 19.8. The van der Waals surface area contributed by atoms with Gasteiger partial charge in [-0.2, -0.15) is 0 Å². The van der Waals surface area contributed by atoms with Gasteiger partial charge in [-0.1, -0.05) is 83.9 Å². The van der Waals surface area contributed by atoms with E-state index in [1.54, 1.807) is 6.07 Å². The number of halogens is 2. The van der Waals surface area contributed by atoms with Gasteiger partial charge in [0.2, 0.25) is 0 Å². The van der Waals surface area contributed by atoms with E-state index >= 15 is 0 Å². The smallest absolute Gasteiger partial charge is 0.163 e. The van der Waals surface area contributed by atoms with Gasteiger partial charge in [-0.05, 0) is 40.6 Å². The Kier molecular flexibility index (Phi) is 5.23. The van der Waals surface area contributed by atoms with Crippen molar-refractivity contribution in [3.05, 3.63) is 101 Å². The molecule has 3 nitrogen and oxygen atoms in total. The first-order valence-electron chi connectivity index (χ1n) is 10.0. The number of benzene rings is 4. The van der Waals surface area contributed by atoms with Gasteiger partial charge >= 0.3 is 0 Å². The summed E-state index contributed by atoms with van der Waals surface area (Å²) in [6, 6.07) is 28.4. The topological polar surface area (TPSA) is 29.0 Å². The third kappa shape index (κ3) is 3.71. The second kappa shape index (κ2) is 8.18. The molecule has 0 fully saturated rings. The van der Waals surface area contributed by atoms with Gasteiger partial charge in [0.25, 0.3) is 0 Å². The predicted octanol–water partition coefficient (Wildman–Crippen LogP) is 7.39. The van der Waals surface area contributed by atoms with E-state index in [4.69, 9.17) is 33.2 Å². The number of hydrogen-bond acceptors (Lipinski definition) is 3. The van der Waals surface area contributed by atoms with E-state index in [2.05, 4.69) is 54.4 Å². The third-order valence-corrected chi connectivity index (χ3v) is 6.24. The van der Waals surface area contributed by atoms with Crippen molar-refractivity contribution < 1.29 is 0 Å². The molecular formula is C26H19Cl2N3. The summed E-state index contributed by atoms with van der Waals surface area (Å²) >= 11 is 12.7. The second-order valence-corrected chi connectivity index (χ2v) is 8.27. The highest BCUT2D eigenvalue weighted by molar-refractivity contribution is 6.43. The van der Waals surface area contributed by atoms with Crippen molar-refractivity contribution in [1.29, 1.82) is 0 Å². The Hall–Kier alpha value is -3.14. The highest BCUT2D eigenvalue weighted by Crippen LogP contribution is 2.34. The van der Waals surface area contributed by atoms with Crippen LogP contribution in [0.3, 0.4) is 0 Å². The Morgan fingerprint density at radius 1 is 0.742 bits per heavy atom. The fourth-order valence-electron chi connectivity index (χ4n) is 3.91. The minimum Gasteiger partial charge on any atom is -0.355 e. The van der Waals surface area contributed by atoms with Crippen LogP contribution in [0.15, 0.2) is 84.9 Å². The van der Waals surface area contributed by atoms with Crippen LogP contribution in [0.5, 0.6) is 0 Å². The maximum absolute atomic E-state index is 6.48. The predicted molar refractivity (Wildman–Crippen MR) is 131 cm³/mol. The SMILES string of the molecule is CN(Cc1cccc2ccccc12)c1nc(-c2cccc(Cl)c2Cl)nc2ccccc12. The number of aromatic nitrogens is 2. The molecule has 0 unspecified atom stereocenters. The molecule has 1 heterocycles. The van der Waals surface area contributed by atoms with Gasteiger partial charge in [-0.25, -0.2) is 9.97 Å². The molecule has 0 aliphatic carbocycles. The molecule has 31 heavy (non-hydrogen) atoms. The van der Waals surface area contributed by atoms with Gasteiger partial charge in [0.15, 0.2) is 5.82 Å². The van der Waals surface area contributed by atoms with Crippen LogP contribution < -0.4 is 4.90 Å². The molecular weight excluding hydrogens is 425 g/mol. The van der Waals surface area contributed by atoms with Crippen molar-refractivity contribution in [2.24, 2.45) is 0 Å². The number of hydrogen-bond donors (Lipinski definition) is 0. The monoisotopic (exact) mass is 443 g/mol. The number of para-hydroxylation sites is 1. The zero-order valence-electron chi connectivity index (χ0n) is 16.9. The van der Waals surface area contributed by atoms with Gasteiger partial charge in [0.05, 0.1) is 15.6 Å². The van der Waals surface area contributed by atoms with Crippen molar-refractivity contribution in [2.45, 2.75) is 6.54 Å². The summed E-state index contributed by atoms with van der Waals surface area (Å²) in [5.41, 5.74) is 2.83. The lowest BCUT2D eigenvalue weighted by Crippen LogP contribution is -2.19. The molecule has 0 spiro atoms. The lowest BCUT2D eigenvalue weighted by molar-refractivity contribution is 0.908. The summed E-state index contributed by atoms with van der Waals surface area (Å²) in [6.45, 7) is 0.713. The number of nitrogens with zero attached hydrogens (tertiary/aromatic N) is 3. The normalized spacial score (nSPS) is 11.2. The summed E-state index contributed by atoms with van der Waals surface area (Å²) in [6.07, 6.45) is 0. The van der Waals surface area contributed by atoms with Crippen LogP contribution in [0.25, 0.3) is 33.1 Å². The molecule has 0 saturated heterocycles. The van der Waals surface area contributed by atoms with Crippen molar-refractivity contribution in [1.82, 2.24) is 9.97 Å². The molecule has 0 amide bonds. The van der Waals surface area contributed by atoms with Crippen molar-refractivity contribution in [3.63, 3.8) is 0 Å². The quantitative estimate of drug-likeness (QED) is 0.289. The number of fused-ring (bicyclic) bond motifs is 2. The lowest BCUT2D eigenvalue weighted by atomic mass is 10.0. The van der Waals surface area contributed by atoms with E-state index in [1.165, 1.54) is 16.3 Å². The first-order valence-corrected chi connectivity index (χ1v) is 10.8. The van der Waals surface area contributed by atoms with Gasteiger partial charge in [0, 0.05) is 24.5 Å². The summed E-state index contributed by atoms with van der Waals surface area (Å²) in [4.78, 5) is 11.8. The van der Waals surface area contributed by atoms with E-state index in [-0.39, 0.29) is 0 Å². The number of anilines is 1. The van der Waals surface area contributed by atoms with E-state index in [1.807, 2.05) is 36.4 Å². The lowest BCUT2D eigenvalue weighted by Gasteiger charge is -2.22. The summed E-state index contributed by atoms with van der Waals surface area (Å²) in [5, 5.41) is 4.41. The van der Waals surface area contributed by atoms with Crippen LogP contribution in [-0.2, 0) is 6.54 Å². The van der Waals surface area contributed by atoms with Crippen LogP contribution in [0, 0.1) is 0 Å². The Bertz CT molecular complexity index is 1410. The Morgan fingerprint density at radius 2 is 1.45 bits per heavy atom. The molecule has 5 heteroatoms. The molecule has 1 aromatic heterocycles. The summed E-state index contributed by atoms with van der Waals surface area (Å²) in [7, 11) is 2.06. The van der Waals surface area contributed by atoms with Crippen LogP contribution >= 0.6 is 23.2 Å². The molecule has 152 valence electrons. The number of rotatable bonds is 4. The maximum Gasteiger partial charge on any atom is 0.163 e. The highest BCUT2D eigenvalue weighted by Gasteiger charge is 2.16. The molecule has 0 saturated carbocycles. The van der Waals surface area contributed by atoms with Gasteiger partial charge in [0.1, 0.15) is 5.82 Å². The summed E-state index contributed by atoms with van der Waals surface area (Å²) in [5.74, 6) is 1.41. The zero-order chi connectivity index (χ0) is 21.4. The van der Waals surface area contributed by atoms with Gasteiger partial charge in [-0.3, -0.25) is 0 Å². The molecule has 0 bridgehead atoms. The van der Waals surface area contributed by atoms with Crippen LogP contribution in [0.1, 0.15) is 5.56 Å². The van der Waals surface area contributed by atoms with Crippen LogP contribution in [0.2, 0.25) is 10.0 Å². The third-order valence-electron chi connectivity index (χ3n) is 5.42. The second-order valence-electron chi connectivity index (χ2n) is 7.48. The minimum atomic E-state index is 0.460. The molecule has 0 atom stereocenters. The standard InChI is InChI=1S/C26H19Cl2N3/c1-31(16-18-10-6-9-17-8-2-3-11-19(17)18)26-20-12-4-5-15-23(20)29-25(30-26)21-13-7-14-22(27)24(21)28/h2-15H,16H2,1H3. The Balaban J connectivity index is 1.64. The fourth-order valence-corrected chi connectivity index (χ4v) is 4.29. The summed E-state index contributed by atoms with van der Waals surface area (Å²) < 4.78 is 0. The van der Waals surface area contributed by atoms with Gasteiger partial charge in [-0.15, -0.1) is 0 Å². The molecule has 5 rings (SSSR count). The van der Waals surface area contributed by atoms with Crippen molar-refractivity contribution >= 4 is 50.7 Å². The average Bonchev–Trinajstić information content (AvgIpc) is 2.80. The first-order chi connectivity index (χ1) is 15.1. The van der Waals surface area contributed by atoms with Crippen LogP contribution in [-0.4, -0.2) is 17.0 Å². The minimum absolute atomic E-state index is 0.460. The Morgan fingerprint density at radius 3 is 2.32 bits per heavy atom. The van der Waals surface area contributed by atoms with Crippen LogP contribution in [0.4, 0.5) is 5.82 Å². The molecule has 0 aliphatic rings. The molecule has 5 aromatic rings. The molecule has 4 aromatic carbocycles. The van der Waals surface area contributed by atoms with Crippen molar-refractivity contribution in [2.75, 3.05) is 11.9 Å². The van der Waals surface area contributed by atoms with E-state index in [9.17, 15) is 0 Å². The molecule has 0 aliphatic heterocycles. The molecule has 0 N–H and O–H groups in total. The fraction of sp³-hybridized carbons (Fsp3) is 0.0769. The zero-order valence-corrected chi connectivity index (χ0v) is 18.4. The van der Waals surface area contributed by atoms with Gasteiger partial charge < -0.3 is 4.90 Å². The highest BCUT2D eigenvalue weighted by atomic mass is 35.5. The molecule has 0 radical (unpaired) electrons. The van der Waals surface area contributed by atoms with E-state index < -0.39 is 0 Å². The maximum atomic E-state index is 6.48. The largest absolute Gasteiger partial charge is 0.355 e. The van der Waals surface area contributed by atoms with Crippen molar-refractivity contribution in [3.8, 4) is 11.4 Å².